The van der Waals surface area contributed by atoms with Crippen molar-refractivity contribution in [2.75, 3.05) is 30.8 Å². The van der Waals surface area contributed by atoms with Gasteiger partial charge in [-0.1, -0.05) is 12.1 Å². The van der Waals surface area contributed by atoms with E-state index in [1.165, 1.54) is 6.20 Å². The summed E-state index contributed by atoms with van der Waals surface area (Å²) in [6.45, 7) is 0.680. The SMILES string of the molecule is COc1cccc(CCNC(=O)c2cnc3c(c2)NC(=O)CN3)c1. The quantitative estimate of drug-likeness (QED) is 0.773. The maximum atomic E-state index is 12.2. The number of carbonyl (C=O) groups excluding carboxylic acids is 2. The molecule has 0 radical (unpaired) electrons. The molecule has 0 atom stereocenters. The van der Waals surface area contributed by atoms with Crippen molar-refractivity contribution in [2.45, 2.75) is 6.42 Å². The first kappa shape index (κ1) is 15.8. The number of carbonyl (C=O) groups is 2. The molecule has 0 saturated heterocycles. The van der Waals surface area contributed by atoms with Crippen LogP contribution in [0, 0.1) is 0 Å². The molecular weight excluding hydrogens is 308 g/mol. The summed E-state index contributed by atoms with van der Waals surface area (Å²) >= 11 is 0. The Hall–Kier alpha value is -3.09. The molecule has 1 aliphatic rings. The summed E-state index contributed by atoms with van der Waals surface area (Å²) in [6, 6.07) is 9.33. The van der Waals surface area contributed by atoms with Gasteiger partial charge in [-0.05, 0) is 30.2 Å². The molecule has 0 saturated carbocycles. The Morgan fingerprint density at radius 2 is 2.25 bits per heavy atom. The Labute approximate surface area is 139 Å². The second-order valence-electron chi connectivity index (χ2n) is 5.38. The summed E-state index contributed by atoms with van der Waals surface area (Å²) < 4.78 is 5.18. The van der Waals surface area contributed by atoms with Crippen LogP contribution in [-0.4, -0.2) is 37.0 Å². The lowest BCUT2D eigenvalue weighted by atomic mass is 10.1. The summed E-state index contributed by atoms with van der Waals surface area (Å²) in [5.74, 6) is 0.983. The smallest absolute Gasteiger partial charge is 0.252 e. The normalized spacial score (nSPS) is 12.6. The van der Waals surface area contributed by atoms with Crippen LogP contribution in [-0.2, 0) is 11.2 Å². The van der Waals surface area contributed by atoms with Crippen LogP contribution in [0.2, 0.25) is 0 Å². The Bertz CT molecular complexity index is 776. The molecule has 2 heterocycles. The van der Waals surface area contributed by atoms with Crippen molar-refractivity contribution < 1.29 is 14.3 Å². The number of pyridine rings is 1. The average Bonchev–Trinajstić information content (AvgIpc) is 2.61. The van der Waals surface area contributed by atoms with Crippen molar-refractivity contribution in [1.82, 2.24) is 10.3 Å². The fraction of sp³-hybridized carbons (Fsp3) is 0.235. The van der Waals surface area contributed by atoms with Crippen LogP contribution in [0.25, 0.3) is 0 Å². The van der Waals surface area contributed by atoms with Crippen molar-refractivity contribution in [3.8, 4) is 5.75 Å². The molecule has 24 heavy (non-hydrogen) atoms. The van der Waals surface area contributed by atoms with Crippen molar-refractivity contribution in [3.05, 3.63) is 47.7 Å². The number of nitrogens with one attached hydrogen (secondary N) is 3. The molecule has 0 fully saturated rings. The molecular formula is C17H18N4O3. The molecule has 0 aliphatic carbocycles. The van der Waals surface area contributed by atoms with E-state index < -0.39 is 0 Å². The summed E-state index contributed by atoms with van der Waals surface area (Å²) in [5, 5.41) is 8.43. The molecule has 2 amide bonds. The zero-order valence-corrected chi connectivity index (χ0v) is 13.3. The number of ether oxygens (including phenoxy) is 1. The molecule has 1 aromatic carbocycles. The zero-order valence-electron chi connectivity index (χ0n) is 13.3. The molecule has 3 rings (SSSR count). The molecule has 124 valence electrons. The van der Waals surface area contributed by atoms with Crippen molar-refractivity contribution in [3.63, 3.8) is 0 Å². The number of benzene rings is 1. The standard InChI is InChI=1S/C17H18N4O3/c1-24-13-4-2-3-11(7-13)5-6-18-17(23)12-8-14-16(19-9-12)20-10-15(22)21-14/h2-4,7-9H,5-6,10H2,1H3,(H,18,23)(H,19,20)(H,21,22). The van der Waals surface area contributed by atoms with Crippen LogP contribution in [0.3, 0.4) is 0 Å². The second kappa shape index (κ2) is 6.99. The van der Waals surface area contributed by atoms with E-state index in [9.17, 15) is 9.59 Å². The van der Waals surface area contributed by atoms with Gasteiger partial charge < -0.3 is 20.7 Å². The third-order valence-electron chi connectivity index (χ3n) is 3.67. The number of anilines is 2. The van der Waals surface area contributed by atoms with Gasteiger partial charge in [-0.3, -0.25) is 9.59 Å². The van der Waals surface area contributed by atoms with Crippen LogP contribution in [0.4, 0.5) is 11.5 Å². The predicted molar refractivity (Wildman–Crippen MR) is 90.4 cm³/mol. The second-order valence-corrected chi connectivity index (χ2v) is 5.38. The minimum Gasteiger partial charge on any atom is -0.497 e. The summed E-state index contributed by atoms with van der Waals surface area (Å²) in [7, 11) is 1.62. The van der Waals surface area contributed by atoms with Gasteiger partial charge in [-0.25, -0.2) is 4.98 Å². The first-order chi connectivity index (χ1) is 11.7. The van der Waals surface area contributed by atoms with E-state index in [1.807, 2.05) is 24.3 Å². The van der Waals surface area contributed by atoms with Gasteiger partial charge in [-0.2, -0.15) is 0 Å². The van der Waals surface area contributed by atoms with E-state index in [1.54, 1.807) is 13.2 Å². The van der Waals surface area contributed by atoms with Crippen molar-refractivity contribution >= 4 is 23.3 Å². The predicted octanol–water partition coefficient (Wildman–Crippen LogP) is 1.43. The highest BCUT2D eigenvalue weighted by molar-refractivity contribution is 6.02. The van der Waals surface area contributed by atoms with Crippen LogP contribution >= 0.6 is 0 Å². The first-order valence-electron chi connectivity index (χ1n) is 7.60. The maximum absolute atomic E-state index is 12.2. The minimum atomic E-state index is -0.229. The van der Waals surface area contributed by atoms with E-state index in [4.69, 9.17) is 4.74 Å². The lowest BCUT2D eigenvalue weighted by Crippen LogP contribution is -2.29. The monoisotopic (exact) mass is 326 g/mol. The highest BCUT2D eigenvalue weighted by Gasteiger charge is 2.17. The number of rotatable bonds is 5. The van der Waals surface area contributed by atoms with Crippen LogP contribution in [0.1, 0.15) is 15.9 Å². The topological polar surface area (TPSA) is 92.3 Å². The molecule has 3 N–H and O–H groups in total. The van der Waals surface area contributed by atoms with Gasteiger partial charge in [0.2, 0.25) is 5.91 Å². The van der Waals surface area contributed by atoms with Gasteiger partial charge >= 0.3 is 0 Å². The van der Waals surface area contributed by atoms with Gasteiger partial charge in [0.15, 0.2) is 0 Å². The molecule has 7 nitrogen and oxygen atoms in total. The number of hydrogen-bond donors (Lipinski definition) is 3. The number of nitrogens with zero attached hydrogens (tertiary/aromatic N) is 1. The molecule has 7 heteroatoms. The third kappa shape index (κ3) is 3.62. The third-order valence-corrected chi connectivity index (χ3v) is 3.67. The van der Waals surface area contributed by atoms with Crippen LogP contribution in [0.5, 0.6) is 5.75 Å². The Balaban J connectivity index is 1.59. The van der Waals surface area contributed by atoms with E-state index in [-0.39, 0.29) is 18.4 Å². The van der Waals surface area contributed by atoms with Crippen molar-refractivity contribution in [2.24, 2.45) is 0 Å². The average molecular weight is 326 g/mol. The Morgan fingerprint density at radius 1 is 1.38 bits per heavy atom. The van der Waals surface area contributed by atoms with Gasteiger partial charge in [0.25, 0.3) is 5.91 Å². The molecule has 2 aromatic rings. The Morgan fingerprint density at radius 3 is 3.08 bits per heavy atom. The lowest BCUT2D eigenvalue weighted by Gasteiger charge is -2.18. The van der Waals surface area contributed by atoms with Crippen LogP contribution in [0.15, 0.2) is 36.5 Å². The number of methoxy groups -OCH3 is 1. The number of hydrogen-bond acceptors (Lipinski definition) is 5. The highest BCUT2D eigenvalue weighted by atomic mass is 16.5. The lowest BCUT2D eigenvalue weighted by molar-refractivity contribution is -0.114. The number of fused-ring (bicyclic) bond motifs is 1. The Kier molecular flexibility index (Phi) is 4.60. The molecule has 0 unspecified atom stereocenters. The van der Waals surface area contributed by atoms with E-state index in [2.05, 4.69) is 20.9 Å². The zero-order chi connectivity index (χ0) is 16.9. The fourth-order valence-corrected chi connectivity index (χ4v) is 2.43. The number of aromatic nitrogens is 1. The first-order valence-corrected chi connectivity index (χ1v) is 7.60. The van der Waals surface area contributed by atoms with Crippen LogP contribution < -0.4 is 20.7 Å². The van der Waals surface area contributed by atoms with Gasteiger partial charge in [0, 0.05) is 12.7 Å². The maximum Gasteiger partial charge on any atom is 0.252 e. The van der Waals surface area contributed by atoms with Gasteiger partial charge in [0.05, 0.1) is 24.9 Å². The molecule has 0 spiro atoms. The molecule has 0 bridgehead atoms. The van der Waals surface area contributed by atoms with E-state index >= 15 is 0 Å². The summed E-state index contributed by atoms with van der Waals surface area (Å²) in [5.41, 5.74) is 2.00. The van der Waals surface area contributed by atoms with Crippen molar-refractivity contribution in [1.29, 1.82) is 0 Å². The summed E-state index contributed by atoms with van der Waals surface area (Å²) in [4.78, 5) is 27.8. The highest BCUT2D eigenvalue weighted by Crippen LogP contribution is 2.22. The van der Waals surface area contributed by atoms with E-state index in [0.29, 0.717) is 30.0 Å². The van der Waals surface area contributed by atoms with E-state index in [0.717, 1.165) is 11.3 Å². The largest absolute Gasteiger partial charge is 0.497 e. The molecule has 1 aliphatic heterocycles. The minimum absolute atomic E-state index is 0.153. The summed E-state index contributed by atoms with van der Waals surface area (Å²) in [6.07, 6.45) is 2.18. The van der Waals surface area contributed by atoms with Gasteiger partial charge in [-0.15, -0.1) is 0 Å². The number of amides is 2. The fourth-order valence-electron chi connectivity index (χ4n) is 2.43. The molecule has 1 aromatic heterocycles. The van der Waals surface area contributed by atoms with Gasteiger partial charge in [0.1, 0.15) is 11.6 Å².